The SMILES string of the molecule is C[C@@H](NC(=O)c1ccc(N(Cc2ccccc2)S(C)(=O)=O)cc1)c1ccc(C(C)(C)C)cc1. The largest absolute Gasteiger partial charge is 0.346 e. The molecule has 0 fully saturated rings. The molecule has 0 aromatic heterocycles. The minimum Gasteiger partial charge on any atom is -0.346 e. The number of hydrogen-bond acceptors (Lipinski definition) is 3. The van der Waals surface area contributed by atoms with Gasteiger partial charge in [0.1, 0.15) is 0 Å². The molecule has 0 radical (unpaired) electrons. The van der Waals surface area contributed by atoms with E-state index in [-0.39, 0.29) is 23.9 Å². The highest BCUT2D eigenvalue weighted by Crippen LogP contribution is 2.25. The van der Waals surface area contributed by atoms with Crippen molar-refractivity contribution < 1.29 is 13.2 Å². The van der Waals surface area contributed by atoms with Gasteiger partial charge in [0.25, 0.3) is 5.91 Å². The number of hydrogen-bond donors (Lipinski definition) is 1. The molecule has 0 unspecified atom stereocenters. The Morgan fingerprint density at radius 2 is 1.48 bits per heavy atom. The van der Waals surface area contributed by atoms with Crippen LogP contribution in [0.5, 0.6) is 0 Å². The number of rotatable bonds is 7. The van der Waals surface area contributed by atoms with Gasteiger partial charge in [-0.2, -0.15) is 0 Å². The quantitative estimate of drug-likeness (QED) is 0.506. The number of sulfonamides is 1. The second-order valence-electron chi connectivity index (χ2n) is 9.37. The lowest BCUT2D eigenvalue weighted by atomic mass is 9.86. The van der Waals surface area contributed by atoms with Gasteiger partial charge in [0.15, 0.2) is 0 Å². The van der Waals surface area contributed by atoms with E-state index in [4.69, 9.17) is 0 Å². The second kappa shape index (κ2) is 9.79. The number of carbonyl (C=O) groups excluding carboxylic acids is 1. The van der Waals surface area contributed by atoms with Crippen LogP contribution in [-0.2, 0) is 22.0 Å². The van der Waals surface area contributed by atoms with E-state index in [2.05, 4.69) is 38.2 Å². The zero-order valence-electron chi connectivity index (χ0n) is 19.9. The number of benzene rings is 3. The van der Waals surface area contributed by atoms with Gasteiger partial charge in [0, 0.05) is 5.56 Å². The first-order chi connectivity index (χ1) is 15.4. The zero-order chi connectivity index (χ0) is 24.2. The molecule has 1 amide bonds. The maximum absolute atomic E-state index is 12.8. The van der Waals surface area contributed by atoms with E-state index in [1.54, 1.807) is 24.3 Å². The van der Waals surface area contributed by atoms with Crippen LogP contribution in [0.4, 0.5) is 5.69 Å². The summed E-state index contributed by atoms with van der Waals surface area (Å²) in [4.78, 5) is 12.8. The van der Waals surface area contributed by atoms with Crippen molar-refractivity contribution in [3.8, 4) is 0 Å². The van der Waals surface area contributed by atoms with E-state index in [1.807, 2.05) is 49.4 Å². The molecule has 0 spiro atoms. The summed E-state index contributed by atoms with van der Waals surface area (Å²) in [5.41, 5.74) is 4.22. The molecule has 33 heavy (non-hydrogen) atoms. The summed E-state index contributed by atoms with van der Waals surface area (Å²) in [7, 11) is -3.49. The molecule has 5 nitrogen and oxygen atoms in total. The molecule has 3 aromatic carbocycles. The van der Waals surface area contributed by atoms with Gasteiger partial charge in [0.05, 0.1) is 24.5 Å². The Kier molecular flexibility index (Phi) is 7.28. The average Bonchev–Trinajstić information content (AvgIpc) is 2.77. The number of carbonyl (C=O) groups is 1. The van der Waals surface area contributed by atoms with E-state index in [0.717, 1.165) is 11.1 Å². The molecule has 174 valence electrons. The van der Waals surface area contributed by atoms with Crippen molar-refractivity contribution >= 4 is 21.6 Å². The molecule has 1 N–H and O–H groups in total. The van der Waals surface area contributed by atoms with E-state index in [1.165, 1.54) is 16.1 Å². The fraction of sp³-hybridized carbons (Fsp3) is 0.296. The Labute approximate surface area is 197 Å². The van der Waals surface area contributed by atoms with E-state index in [9.17, 15) is 13.2 Å². The van der Waals surface area contributed by atoms with Crippen LogP contribution in [0.2, 0.25) is 0 Å². The van der Waals surface area contributed by atoms with Crippen LogP contribution < -0.4 is 9.62 Å². The molecule has 0 aliphatic rings. The molecule has 0 saturated carbocycles. The molecule has 3 aromatic rings. The maximum Gasteiger partial charge on any atom is 0.251 e. The molecule has 0 aliphatic heterocycles. The summed E-state index contributed by atoms with van der Waals surface area (Å²) in [6, 6.07) is 24.2. The van der Waals surface area contributed by atoms with Gasteiger partial charge in [-0.1, -0.05) is 75.4 Å². The monoisotopic (exact) mass is 464 g/mol. The summed E-state index contributed by atoms with van der Waals surface area (Å²) >= 11 is 0. The summed E-state index contributed by atoms with van der Waals surface area (Å²) in [5, 5.41) is 3.02. The third kappa shape index (κ3) is 6.45. The topological polar surface area (TPSA) is 66.5 Å². The van der Waals surface area contributed by atoms with Crippen molar-refractivity contribution in [3.05, 3.63) is 101 Å². The van der Waals surface area contributed by atoms with Crippen molar-refractivity contribution in [2.75, 3.05) is 10.6 Å². The Morgan fingerprint density at radius 3 is 2.00 bits per heavy atom. The Hall–Kier alpha value is -3.12. The van der Waals surface area contributed by atoms with E-state index < -0.39 is 10.0 Å². The predicted octanol–water partition coefficient (Wildman–Crippen LogP) is 5.44. The van der Waals surface area contributed by atoms with Crippen LogP contribution >= 0.6 is 0 Å². The van der Waals surface area contributed by atoms with Crippen LogP contribution in [-0.4, -0.2) is 20.6 Å². The standard InChI is InChI=1S/C27H32N2O3S/c1-20(22-11-15-24(16-12-22)27(2,3)4)28-26(30)23-13-17-25(18-14-23)29(33(5,31)32)19-21-9-7-6-8-10-21/h6-18,20H,19H2,1-5H3,(H,28,30)/t20-/m1/s1. The highest BCUT2D eigenvalue weighted by atomic mass is 32.2. The molecule has 1 atom stereocenters. The average molecular weight is 465 g/mol. The van der Waals surface area contributed by atoms with Crippen LogP contribution in [0.15, 0.2) is 78.9 Å². The summed E-state index contributed by atoms with van der Waals surface area (Å²) in [6.45, 7) is 8.68. The molecule has 0 heterocycles. The van der Waals surface area contributed by atoms with Gasteiger partial charge in [-0.25, -0.2) is 8.42 Å². The fourth-order valence-electron chi connectivity index (χ4n) is 3.56. The minimum absolute atomic E-state index is 0.0765. The van der Waals surface area contributed by atoms with Gasteiger partial charge < -0.3 is 5.32 Å². The highest BCUT2D eigenvalue weighted by Gasteiger charge is 2.19. The Morgan fingerprint density at radius 1 is 0.909 bits per heavy atom. The third-order valence-electron chi connectivity index (χ3n) is 5.61. The maximum atomic E-state index is 12.8. The smallest absolute Gasteiger partial charge is 0.251 e. The van der Waals surface area contributed by atoms with E-state index >= 15 is 0 Å². The van der Waals surface area contributed by atoms with Gasteiger partial charge >= 0.3 is 0 Å². The van der Waals surface area contributed by atoms with Gasteiger partial charge in [-0.15, -0.1) is 0 Å². The van der Waals surface area contributed by atoms with E-state index in [0.29, 0.717) is 11.3 Å². The first kappa shape index (κ1) is 24.5. The predicted molar refractivity (Wildman–Crippen MR) is 135 cm³/mol. The summed E-state index contributed by atoms with van der Waals surface area (Å²) in [5.74, 6) is -0.206. The van der Waals surface area contributed by atoms with Crippen LogP contribution in [0, 0.1) is 0 Å². The number of nitrogens with zero attached hydrogens (tertiary/aromatic N) is 1. The van der Waals surface area contributed by atoms with Crippen LogP contribution in [0.3, 0.4) is 0 Å². The number of nitrogens with one attached hydrogen (secondary N) is 1. The molecule has 0 aliphatic carbocycles. The normalized spacial score (nSPS) is 12.8. The van der Waals surface area contributed by atoms with Crippen molar-refractivity contribution in [1.82, 2.24) is 5.32 Å². The molecule has 0 bridgehead atoms. The molecular weight excluding hydrogens is 432 g/mol. The number of anilines is 1. The Bertz CT molecular complexity index is 1180. The lowest BCUT2D eigenvalue weighted by Crippen LogP contribution is -2.29. The summed E-state index contributed by atoms with van der Waals surface area (Å²) < 4.78 is 26.1. The zero-order valence-corrected chi connectivity index (χ0v) is 20.7. The Balaban J connectivity index is 1.72. The fourth-order valence-corrected chi connectivity index (χ4v) is 4.45. The third-order valence-corrected chi connectivity index (χ3v) is 6.75. The lowest BCUT2D eigenvalue weighted by Gasteiger charge is -2.23. The number of amides is 1. The van der Waals surface area contributed by atoms with Crippen molar-refractivity contribution in [2.45, 2.75) is 45.7 Å². The molecule has 0 saturated heterocycles. The van der Waals surface area contributed by atoms with Crippen molar-refractivity contribution in [2.24, 2.45) is 0 Å². The highest BCUT2D eigenvalue weighted by molar-refractivity contribution is 7.92. The van der Waals surface area contributed by atoms with Crippen LogP contribution in [0.1, 0.15) is 60.8 Å². The van der Waals surface area contributed by atoms with Gasteiger partial charge in [-0.3, -0.25) is 9.10 Å². The minimum atomic E-state index is -3.49. The van der Waals surface area contributed by atoms with Crippen molar-refractivity contribution in [1.29, 1.82) is 0 Å². The molecule has 3 rings (SSSR count). The molecular formula is C27H32N2O3S. The first-order valence-corrected chi connectivity index (χ1v) is 12.8. The van der Waals surface area contributed by atoms with Gasteiger partial charge in [-0.05, 0) is 53.3 Å². The van der Waals surface area contributed by atoms with Gasteiger partial charge in [0.2, 0.25) is 10.0 Å². The second-order valence-corrected chi connectivity index (χ2v) is 11.3. The molecule has 6 heteroatoms. The summed E-state index contributed by atoms with van der Waals surface area (Å²) in [6.07, 6.45) is 1.18. The van der Waals surface area contributed by atoms with Crippen molar-refractivity contribution in [3.63, 3.8) is 0 Å². The lowest BCUT2D eigenvalue weighted by molar-refractivity contribution is 0.0940. The first-order valence-electron chi connectivity index (χ1n) is 11.0. The van der Waals surface area contributed by atoms with Crippen LogP contribution in [0.25, 0.3) is 0 Å².